The zero-order valence-electron chi connectivity index (χ0n) is 17.0. The second-order valence-electron chi connectivity index (χ2n) is 7.58. The lowest BCUT2D eigenvalue weighted by molar-refractivity contribution is 0.548. The maximum Gasteiger partial charge on any atom is 0.131 e. The summed E-state index contributed by atoms with van der Waals surface area (Å²) in [4.78, 5) is 18.2. The van der Waals surface area contributed by atoms with Crippen LogP contribution in [-0.2, 0) is 6.42 Å². The maximum atomic E-state index is 4.87. The molecule has 3 heterocycles. The average Bonchev–Trinajstić information content (AvgIpc) is 3.20. The number of pyridine rings is 1. The average molecular weight is 383 g/mol. The van der Waals surface area contributed by atoms with Crippen LogP contribution in [0.15, 0.2) is 73.4 Å². The van der Waals surface area contributed by atoms with Crippen molar-refractivity contribution in [2.75, 3.05) is 0 Å². The molecule has 0 fully saturated rings. The van der Waals surface area contributed by atoms with Crippen molar-refractivity contribution in [3.63, 3.8) is 0 Å². The first-order valence-corrected chi connectivity index (χ1v) is 9.98. The van der Waals surface area contributed by atoms with Gasteiger partial charge in [0, 0.05) is 36.1 Å². The third-order valence-electron chi connectivity index (χ3n) is 5.03. The Morgan fingerprint density at radius 3 is 2.34 bits per heavy atom. The van der Waals surface area contributed by atoms with Crippen molar-refractivity contribution in [1.82, 2.24) is 24.5 Å². The second kappa shape index (κ2) is 8.35. The molecule has 0 radical (unpaired) electrons. The van der Waals surface area contributed by atoms with Crippen LogP contribution in [0.2, 0.25) is 0 Å². The number of rotatable bonds is 6. The molecule has 1 aromatic carbocycles. The van der Waals surface area contributed by atoms with E-state index in [9.17, 15) is 0 Å². The Labute approximate surface area is 171 Å². The third-order valence-corrected chi connectivity index (χ3v) is 5.03. The van der Waals surface area contributed by atoms with Gasteiger partial charge in [-0.1, -0.05) is 44.2 Å². The Hall–Kier alpha value is -3.34. The van der Waals surface area contributed by atoms with E-state index in [0.717, 1.165) is 34.9 Å². The van der Waals surface area contributed by atoms with Crippen LogP contribution in [0.25, 0.3) is 22.6 Å². The van der Waals surface area contributed by atoms with Gasteiger partial charge in [-0.3, -0.25) is 4.98 Å². The van der Waals surface area contributed by atoms with E-state index in [1.165, 1.54) is 5.56 Å². The Morgan fingerprint density at radius 1 is 0.862 bits per heavy atom. The van der Waals surface area contributed by atoms with Gasteiger partial charge < -0.3 is 4.57 Å². The molecule has 0 spiro atoms. The minimum absolute atomic E-state index is 0.217. The van der Waals surface area contributed by atoms with E-state index in [1.807, 2.05) is 49.2 Å². The van der Waals surface area contributed by atoms with Crippen LogP contribution < -0.4 is 0 Å². The van der Waals surface area contributed by atoms with Crippen LogP contribution in [0.1, 0.15) is 44.1 Å². The zero-order valence-corrected chi connectivity index (χ0v) is 17.0. The van der Waals surface area contributed by atoms with Gasteiger partial charge in [0.1, 0.15) is 5.82 Å². The molecule has 4 rings (SSSR count). The molecule has 0 unspecified atom stereocenters. The van der Waals surface area contributed by atoms with Crippen molar-refractivity contribution in [3.8, 4) is 22.6 Å². The predicted octanol–water partition coefficient (Wildman–Crippen LogP) is 5.33. The van der Waals surface area contributed by atoms with Gasteiger partial charge in [-0.15, -0.1) is 0 Å². The van der Waals surface area contributed by atoms with Crippen LogP contribution >= 0.6 is 0 Å². The van der Waals surface area contributed by atoms with Crippen molar-refractivity contribution in [1.29, 1.82) is 0 Å². The molecule has 3 aromatic heterocycles. The SMILES string of the molecule is CC(C)c1nccc(-c2c(-c3ccccc3)ncn2[C@@H](C)Cc2ccncc2)n1. The monoisotopic (exact) mass is 383 g/mol. The number of nitrogens with zero attached hydrogens (tertiary/aromatic N) is 5. The number of hydrogen-bond acceptors (Lipinski definition) is 4. The fourth-order valence-electron chi connectivity index (χ4n) is 3.50. The quantitative estimate of drug-likeness (QED) is 0.452. The third kappa shape index (κ3) is 4.09. The molecular weight excluding hydrogens is 358 g/mol. The second-order valence-corrected chi connectivity index (χ2v) is 7.58. The number of imidazole rings is 1. The highest BCUT2D eigenvalue weighted by molar-refractivity contribution is 5.76. The van der Waals surface area contributed by atoms with Crippen molar-refractivity contribution in [3.05, 3.63) is 84.8 Å². The molecule has 1 atom stereocenters. The topological polar surface area (TPSA) is 56.5 Å². The normalized spacial score (nSPS) is 12.3. The van der Waals surface area contributed by atoms with E-state index in [1.54, 1.807) is 0 Å². The molecule has 0 aliphatic heterocycles. The van der Waals surface area contributed by atoms with E-state index in [0.29, 0.717) is 0 Å². The summed E-state index contributed by atoms with van der Waals surface area (Å²) in [5.41, 5.74) is 5.21. The first kappa shape index (κ1) is 19.0. The van der Waals surface area contributed by atoms with Crippen molar-refractivity contribution >= 4 is 0 Å². The van der Waals surface area contributed by atoms with E-state index in [-0.39, 0.29) is 12.0 Å². The lowest BCUT2D eigenvalue weighted by Crippen LogP contribution is -2.10. The first-order valence-electron chi connectivity index (χ1n) is 9.98. The molecule has 5 heteroatoms. The van der Waals surface area contributed by atoms with E-state index in [2.05, 4.69) is 59.6 Å². The van der Waals surface area contributed by atoms with Crippen molar-refractivity contribution < 1.29 is 0 Å². The van der Waals surface area contributed by atoms with Crippen LogP contribution in [-0.4, -0.2) is 24.5 Å². The molecule has 0 amide bonds. The summed E-state index contributed by atoms with van der Waals surface area (Å²) < 4.78 is 2.23. The Balaban J connectivity index is 1.82. The lowest BCUT2D eigenvalue weighted by Gasteiger charge is -2.18. The summed E-state index contributed by atoms with van der Waals surface area (Å²) in [6.07, 6.45) is 8.34. The maximum absolute atomic E-state index is 4.87. The van der Waals surface area contributed by atoms with Crippen LogP contribution in [0.4, 0.5) is 0 Å². The minimum Gasteiger partial charge on any atom is -0.326 e. The summed E-state index contributed by atoms with van der Waals surface area (Å²) in [7, 11) is 0. The van der Waals surface area contributed by atoms with Gasteiger partial charge in [-0.25, -0.2) is 15.0 Å². The first-order chi connectivity index (χ1) is 14.1. The summed E-state index contributed by atoms with van der Waals surface area (Å²) in [5.74, 6) is 1.11. The molecule has 5 nitrogen and oxygen atoms in total. The van der Waals surface area contributed by atoms with E-state index >= 15 is 0 Å². The molecule has 146 valence electrons. The predicted molar refractivity (Wildman–Crippen MR) is 115 cm³/mol. The van der Waals surface area contributed by atoms with Crippen molar-refractivity contribution in [2.45, 2.75) is 39.2 Å². The van der Waals surface area contributed by atoms with Gasteiger partial charge in [-0.05, 0) is 37.1 Å². The van der Waals surface area contributed by atoms with Crippen LogP contribution in [0.3, 0.4) is 0 Å². The molecular formula is C24H25N5. The Morgan fingerprint density at radius 2 is 1.62 bits per heavy atom. The largest absolute Gasteiger partial charge is 0.326 e. The minimum atomic E-state index is 0.217. The summed E-state index contributed by atoms with van der Waals surface area (Å²) >= 11 is 0. The molecule has 0 aliphatic rings. The molecule has 0 aliphatic carbocycles. The highest BCUT2D eigenvalue weighted by Crippen LogP contribution is 2.33. The van der Waals surface area contributed by atoms with E-state index < -0.39 is 0 Å². The van der Waals surface area contributed by atoms with Crippen LogP contribution in [0.5, 0.6) is 0 Å². The lowest BCUT2D eigenvalue weighted by atomic mass is 10.1. The van der Waals surface area contributed by atoms with Crippen molar-refractivity contribution in [2.24, 2.45) is 0 Å². The Kier molecular flexibility index (Phi) is 5.47. The summed E-state index contributed by atoms with van der Waals surface area (Å²) in [5, 5.41) is 0. The molecule has 0 bridgehead atoms. The van der Waals surface area contributed by atoms with Gasteiger partial charge in [0.25, 0.3) is 0 Å². The van der Waals surface area contributed by atoms with E-state index in [4.69, 9.17) is 9.97 Å². The molecule has 0 saturated carbocycles. The summed E-state index contributed by atoms with van der Waals surface area (Å²) in [6.45, 7) is 6.44. The highest BCUT2D eigenvalue weighted by Gasteiger charge is 2.20. The highest BCUT2D eigenvalue weighted by atomic mass is 15.1. The van der Waals surface area contributed by atoms with Gasteiger partial charge in [0.05, 0.1) is 23.4 Å². The number of hydrogen-bond donors (Lipinski definition) is 0. The number of aromatic nitrogens is 5. The standard InChI is InChI=1S/C24H25N5/c1-17(2)24-26-14-11-21(28-24)23-22(20-7-5-4-6-8-20)27-16-29(23)18(3)15-19-9-12-25-13-10-19/h4-14,16-18H,15H2,1-3H3/t18-/m0/s1. The molecule has 4 aromatic rings. The molecule has 29 heavy (non-hydrogen) atoms. The van der Waals surface area contributed by atoms with Crippen LogP contribution in [0, 0.1) is 0 Å². The van der Waals surface area contributed by atoms with Gasteiger partial charge in [-0.2, -0.15) is 0 Å². The van der Waals surface area contributed by atoms with Gasteiger partial charge >= 0.3 is 0 Å². The van der Waals surface area contributed by atoms with Gasteiger partial charge in [0.15, 0.2) is 0 Å². The fraction of sp³-hybridized carbons (Fsp3) is 0.250. The van der Waals surface area contributed by atoms with Gasteiger partial charge in [0.2, 0.25) is 0 Å². The summed E-state index contributed by atoms with van der Waals surface area (Å²) in [6, 6.07) is 16.6. The number of benzene rings is 1. The smallest absolute Gasteiger partial charge is 0.131 e. The molecule has 0 saturated heterocycles. The Bertz CT molecular complexity index is 1070. The zero-order chi connectivity index (χ0) is 20.2. The fourth-order valence-corrected chi connectivity index (χ4v) is 3.50. The molecule has 0 N–H and O–H groups in total.